The van der Waals surface area contributed by atoms with Crippen molar-refractivity contribution in [2.75, 3.05) is 5.32 Å². The van der Waals surface area contributed by atoms with Crippen molar-refractivity contribution in [3.8, 4) is 0 Å². The highest BCUT2D eigenvalue weighted by Gasteiger charge is 2.02. The largest absolute Gasteiger partial charge is 0.301 e. The fourth-order valence-electron chi connectivity index (χ4n) is 0.483. The van der Waals surface area contributed by atoms with E-state index in [0.717, 1.165) is 11.3 Å². The molecule has 1 N–H and O–H groups in total. The Morgan fingerprint density at radius 3 is 2.82 bits per heavy atom. The molecule has 0 aromatic carbocycles. The summed E-state index contributed by atoms with van der Waals surface area (Å²) in [4.78, 5) is 20.6. The number of aromatic nitrogens is 2. The van der Waals surface area contributed by atoms with Gasteiger partial charge in [0, 0.05) is 6.92 Å². The van der Waals surface area contributed by atoms with Crippen molar-refractivity contribution < 1.29 is 9.59 Å². The number of amides is 1. The summed E-state index contributed by atoms with van der Waals surface area (Å²) in [6.07, 6.45) is 0.586. The number of hydrogen-bond acceptors (Lipinski definition) is 5. The molecule has 1 rings (SSSR count). The van der Waals surface area contributed by atoms with Gasteiger partial charge in [0.25, 0.3) is 0 Å². The van der Waals surface area contributed by atoms with Crippen LogP contribution >= 0.6 is 11.3 Å². The van der Waals surface area contributed by atoms with Gasteiger partial charge in [0.15, 0.2) is 11.3 Å². The van der Waals surface area contributed by atoms with Crippen molar-refractivity contribution in [3.63, 3.8) is 0 Å². The molecule has 0 atom stereocenters. The lowest BCUT2D eigenvalue weighted by molar-refractivity contribution is -0.114. The predicted octanol–water partition coefficient (Wildman–Crippen LogP) is 0.309. The van der Waals surface area contributed by atoms with Gasteiger partial charge < -0.3 is 5.32 Å². The first-order chi connectivity index (χ1) is 5.22. The van der Waals surface area contributed by atoms with Crippen molar-refractivity contribution in [2.45, 2.75) is 6.92 Å². The van der Waals surface area contributed by atoms with E-state index in [1.54, 1.807) is 0 Å². The molecule has 0 aliphatic heterocycles. The van der Waals surface area contributed by atoms with Crippen LogP contribution in [0.25, 0.3) is 0 Å². The van der Waals surface area contributed by atoms with Crippen LogP contribution in [-0.4, -0.2) is 22.4 Å². The Labute approximate surface area is 66.4 Å². The summed E-state index contributed by atoms with van der Waals surface area (Å²) in [5.41, 5.74) is 0. The molecule has 0 spiro atoms. The van der Waals surface area contributed by atoms with E-state index in [0.29, 0.717) is 11.4 Å². The highest BCUT2D eigenvalue weighted by atomic mass is 32.1. The molecule has 1 heterocycles. The second-order valence-corrected chi connectivity index (χ2v) is 2.75. The Hall–Kier alpha value is -1.30. The van der Waals surface area contributed by atoms with Gasteiger partial charge in [-0.1, -0.05) is 11.3 Å². The lowest BCUT2D eigenvalue weighted by Gasteiger charge is -1.89. The van der Waals surface area contributed by atoms with Gasteiger partial charge in [-0.2, -0.15) is 0 Å². The van der Waals surface area contributed by atoms with E-state index in [1.807, 2.05) is 0 Å². The molecule has 1 aromatic heterocycles. The molecule has 0 saturated heterocycles. The molecule has 11 heavy (non-hydrogen) atoms. The molecule has 1 amide bonds. The second kappa shape index (κ2) is 3.20. The minimum Gasteiger partial charge on any atom is -0.301 e. The van der Waals surface area contributed by atoms with E-state index in [9.17, 15) is 9.59 Å². The maximum atomic E-state index is 10.5. The zero-order valence-corrected chi connectivity index (χ0v) is 6.51. The van der Waals surface area contributed by atoms with Gasteiger partial charge in [0.1, 0.15) is 0 Å². The number of nitrogens with one attached hydrogen (secondary N) is 1. The van der Waals surface area contributed by atoms with E-state index in [2.05, 4.69) is 15.5 Å². The Morgan fingerprint density at radius 1 is 1.64 bits per heavy atom. The minimum absolute atomic E-state index is 0.224. The zero-order valence-electron chi connectivity index (χ0n) is 5.70. The summed E-state index contributed by atoms with van der Waals surface area (Å²) in [7, 11) is 0. The van der Waals surface area contributed by atoms with Crippen LogP contribution in [0.15, 0.2) is 0 Å². The molecule has 0 radical (unpaired) electrons. The standard InChI is InChI=1S/C5H5N3O2S/c1-3(10)6-5-8-7-4(2-9)11-5/h2H,1H3,(H,6,8,10). The second-order valence-electron chi connectivity index (χ2n) is 1.74. The first-order valence-electron chi connectivity index (χ1n) is 2.78. The minimum atomic E-state index is -0.224. The van der Waals surface area contributed by atoms with Crippen LogP contribution in [0, 0.1) is 0 Å². The van der Waals surface area contributed by atoms with E-state index in [-0.39, 0.29) is 10.9 Å². The molecule has 0 bridgehead atoms. The van der Waals surface area contributed by atoms with E-state index in [4.69, 9.17) is 0 Å². The van der Waals surface area contributed by atoms with Crippen LogP contribution in [-0.2, 0) is 4.79 Å². The van der Waals surface area contributed by atoms with Gasteiger partial charge >= 0.3 is 0 Å². The number of aldehydes is 1. The average molecular weight is 171 g/mol. The average Bonchev–Trinajstić information content (AvgIpc) is 2.34. The molecule has 58 valence electrons. The monoisotopic (exact) mass is 171 g/mol. The Morgan fingerprint density at radius 2 is 2.36 bits per heavy atom. The number of carbonyl (C=O) groups is 2. The fraction of sp³-hybridized carbons (Fsp3) is 0.200. The molecular weight excluding hydrogens is 166 g/mol. The third-order valence-electron chi connectivity index (χ3n) is 0.824. The van der Waals surface area contributed by atoms with Gasteiger partial charge in [0.05, 0.1) is 0 Å². The van der Waals surface area contributed by atoms with Gasteiger partial charge in [0.2, 0.25) is 11.0 Å². The number of hydrogen-bond donors (Lipinski definition) is 1. The maximum Gasteiger partial charge on any atom is 0.223 e. The first-order valence-corrected chi connectivity index (χ1v) is 3.60. The number of carbonyl (C=O) groups excluding carboxylic acids is 2. The Kier molecular flexibility index (Phi) is 2.27. The summed E-state index contributed by atoms with van der Waals surface area (Å²) in [5, 5.41) is 10.0. The first kappa shape index (κ1) is 7.80. The van der Waals surface area contributed by atoms with Crippen LogP contribution in [0.3, 0.4) is 0 Å². The van der Waals surface area contributed by atoms with Crippen LogP contribution in [0.2, 0.25) is 0 Å². The highest BCUT2D eigenvalue weighted by molar-refractivity contribution is 7.16. The van der Waals surface area contributed by atoms with Gasteiger partial charge in [-0.3, -0.25) is 9.59 Å². The fourth-order valence-corrected chi connectivity index (χ4v) is 1.09. The molecule has 5 nitrogen and oxygen atoms in total. The number of nitrogens with zero attached hydrogens (tertiary/aromatic N) is 2. The molecule has 0 unspecified atom stereocenters. The third kappa shape index (κ3) is 2.08. The van der Waals surface area contributed by atoms with Crippen LogP contribution in [0.1, 0.15) is 16.7 Å². The van der Waals surface area contributed by atoms with Gasteiger partial charge in [-0.05, 0) is 0 Å². The quantitative estimate of drug-likeness (QED) is 0.650. The lowest BCUT2D eigenvalue weighted by Crippen LogP contribution is -2.04. The molecular formula is C5H5N3O2S. The normalized spacial score (nSPS) is 9.18. The summed E-state index contributed by atoms with van der Waals surface area (Å²) in [6, 6.07) is 0. The van der Waals surface area contributed by atoms with Gasteiger partial charge in [-0.15, -0.1) is 10.2 Å². The van der Waals surface area contributed by atoms with Crippen molar-refractivity contribution in [2.24, 2.45) is 0 Å². The zero-order chi connectivity index (χ0) is 8.27. The number of rotatable bonds is 2. The van der Waals surface area contributed by atoms with Crippen molar-refractivity contribution in [1.29, 1.82) is 0 Å². The van der Waals surface area contributed by atoms with Crippen molar-refractivity contribution >= 4 is 28.7 Å². The summed E-state index contributed by atoms with van der Waals surface area (Å²) in [6.45, 7) is 1.36. The van der Waals surface area contributed by atoms with E-state index < -0.39 is 0 Å². The topological polar surface area (TPSA) is 72.0 Å². The molecule has 6 heteroatoms. The Bertz CT molecular complexity index is 283. The van der Waals surface area contributed by atoms with Crippen LogP contribution < -0.4 is 5.32 Å². The lowest BCUT2D eigenvalue weighted by atomic mass is 10.7. The highest BCUT2D eigenvalue weighted by Crippen LogP contribution is 2.12. The molecule has 1 aromatic rings. The van der Waals surface area contributed by atoms with Crippen molar-refractivity contribution in [1.82, 2.24) is 10.2 Å². The molecule has 0 aliphatic carbocycles. The van der Waals surface area contributed by atoms with Crippen molar-refractivity contribution in [3.05, 3.63) is 5.01 Å². The SMILES string of the molecule is CC(=O)Nc1nnc(C=O)s1. The predicted molar refractivity (Wildman–Crippen MR) is 39.6 cm³/mol. The summed E-state index contributed by atoms with van der Waals surface area (Å²) >= 11 is 1.04. The number of anilines is 1. The maximum absolute atomic E-state index is 10.5. The van der Waals surface area contributed by atoms with E-state index >= 15 is 0 Å². The molecule has 0 aliphatic rings. The van der Waals surface area contributed by atoms with Gasteiger partial charge in [-0.25, -0.2) is 0 Å². The summed E-state index contributed by atoms with van der Waals surface area (Å²) in [5.74, 6) is -0.224. The summed E-state index contributed by atoms with van der Waals surface area (Å²) < 4.78 is 0. The third-order valence-corrected chi connectivity index (χ3v) is 1.59. The Balaban J connectivity index is 2.72. The molecule has 0 saturated carbocycles. The van der Waals surface area contributed by atoms with Crippen LogP contribution in [0.5, 0.6) is 0 Å². The van der Waals surface area contributed by atoms with E-state index in [1.165, 1.54) is 6.92 Å². The smallest absolute Gasteiger partial charge is 0.223 e. The van der Waals surface area contributed by atoms with Crippen LogP contribution in [0.4, 0.5) is 5.13 Å². The molecule has 0 fully saturated rings.